The van der Waals surface area contributed by atoms with Crippen molar-refractivity contribution >= 4 is 50.6 Å². The fraction of sp³-hybridized carbons (Fsp3) is 0.190. The quantitative estimate of drug-likeness (QED) is 0.566. The van der Waals surface area contributed by atoms with E-state index in [2.05, 4.69) is 11.1 Å². The van der Waals surface area contributed by atoms with Gasteiger partial charge in [-0.1, -0.05) is 35.3 Å². The summed E-state index contributed by atoms with van der Waals surface area (Å²) in [5.41, 5.74) is 0.354. The molecule has 1 amide bonds. The van der Waals surface area contributed by atoms with Gasteiger partial charge in [0, 0.05) is 22.7 Å². The zero-order valence-corrected chi connectivity index (χ0v) is 18.8. The normalized spacial score (nSPS) is 18.2. The standard InChI is InChI=1S/C21H16Cl2N4O3S/c1-21(10-13-3-5-14(11-24)6-4-13)19(28)26(17-8-15(22)7-16(23)9-17)20-25-12-18(27(20)21)31(2,29)30/h3-9,12H,10H2,1-2H3/t21-/m0/s1. The van der Waals surface area contributed by atoms with Crippen LogP contribution in [0.3, 0.4) is 0 Å². The van der Waals surface area contributed by atoms with Crippen molar-refractivity contribution in [3.63, 3.8) is 0 Å². The van der Waals surface area contributed by atoms with Crippen molar-refractivity contribution in [2.75, 3.05) is 11.2 Å². The number of amides is 1. The monoisotopic (exact) mass is 474 g/mol. The molecule has 31 heavy (non-hydrogen) atoms. The molecule has 2 heterocycles. The smallest absolute Gasteiger partial charge is 0.260 e. The fourth-order valence-electron chi connectivity index (χ4n) is 3.79. The summed E-state index contributed by atoms with van der Waals surface area (Å²) in [6, 6.07) is 13.5. The van der Waals surface area contributed by atoms with Crippen LogP contribution in [-0.2, 0) is 26.6 Å². The number of sulfone groups is 1. The van der Waals surface area contributed by atoms with E-state index in [-0.39, 0.29) is 23.3 Å². The molecule has 0 spiro atoms. The van der Waals surface area contributed by atoms with E-state index in [4.69, 9.17) is 28.5 Å². The second kappa shape index (κ2) is 7.38. The Morgan fingerprint density at radius 1 is 1.13 bits per heavy atom. The highest BCUT2D eigenvalue weighted by Crippen LogP contribution is 2.44. The van der Waals surface area contributed by atoms with Crippen LogP contribution in [0.1, 0.15) is 18.1 Å². The van der Waals surface area contributed by atoms with Gasteiger partial charge in [0.2, 0.25) is 5.95 Å². The molecule has 0 saturated heterocycles. The minimum absolute atomic E-state index is 0.0670. The van der Waals surface area contributed by atoms with Crippen LogP contribution in [0.4, 0.5) is 11.6 Å². The minimum atomic E-state index is -3.68. The Morgan fingerprint density at radius 2 is 1.74 bits per heavy atom. The Hall–Kier alpha value is -2.86. The van der Waals surface area contributed by atoms with Gasteiger partial charge in [0.05, 0.1) is 23.5 Å². The van der Waals surface area contributed by atoms with Crippen LogP contribution in [-0.4, -0.2) is 30.1 Å². The number of hydrogen-bond donors (Lipinski definition) is 0. The van der Waals surface area contributed by atoms with Gasteiger partial charge >= 0.3 is 0 Å². The average Bonchev–Trinajstić information content (AvgIpc) is 3.21. The fourth-order valence-corrected chi connectivity index (χ4v) is 5.16. The largest absolute Gasteiger partial charge is 0.285 e. The Bertz CT molecular complexity index is 1340. The molecule has 0 radical (unpaired) electrons. The van der Waals surface area contributed by atoms with Gasteiger partial charge < -0.3 is 0 Å². The van der Waals surface area contributed by atoms with E-state index >= 15 is 0 Å². The molecular formula is C21H16Cl2N4O3S. The van der Waals surface area contributed by atoms with Crippen LogP contribution in [0.25, 0.3) is 0 Å². The Balaban J connectivity index is 1.91. The highest BCUT2D eigenvalue weighted by Gasteiger charge is 2.51. The number of carbonyl (C=O) groups is 1. The van der Waals surface area contributed by atoms with Crippen LogP contribution in [0.15, 0.2) is 53.7 Å². The summed E-state index contributed by atoms with van der Waals surface area (Å²) in [5.74, 6) is -0.205. The maximum Gasteiger partial charge on any atom is 0.260 e. The van der Waals surface area contributed by atoms with E-state index < -0.39 is 15.4 Å². The molecule has 1 aliphatic heterocycles. The number of benzene rings is 2. The van der Waals surface area contributed by atoms with Crippen molar-refractivity contribution in [2.45, 2.75) is 23.9 Å². The summed E-state index contributed by atoms with van der Waals surface area (Å²) >= 11 is 12.3. The number of rotatable bonds is 4. The van der Waals surface area contributed by atoms with Crippen LogP contribution >= 0.6 is 23.2 Å². The first-order chi connectivity index (χ1) is 14.5. The SMILES string of the molecule is C[C@]1(Cc2ccc(C#N)cc2)C(=O)N(c2cc(Cl)cc(Cl)c2)c2ncc(S(C)(=O)=O)n21. The van der Waals surface area contributed by atoms with Gasteiger partial charge in [0.25, 0.3) is 5.91 Å². The van der Waals surface area contributed by atoms with Gasteiger partial charge in [-0.15, -0.1) is 0 Å². The zero-order valence-electron chi connectivity index (χ0n) is 16.5. The first kappa shape index (κ1) is 21.4. The van der Waals surface area contributed by atoms with Crippen molar-refractivity contribution in [1.29, 1.82) is 5.26 Å². The molecule has 0 N–H and O–H groups in total. The summed E-state index contributed by atoms with van der Waals surface area (Å²) < 4.78 is 26.4. The highest BCUT2D eigenvalue weighted by molar-refractivity contribution is 7.90. The second-order valence-electron chi connectivity index (χ2n) is 7.53. The molecule has 158 valence electrons. The molecule has 0 fully saturated rings. The van der Waals surface area contributed by atoms with E-state index in [9.17, 15) is 13.2 Å². The minimum Gasteiger partial charge on any atom is -0.285 e. The summed E-state index contributed by atoms with van der Waals surface area (Å²) in [5, 5.41) is 9.62. The Labute approximate surface area is 189 Å². The predicted octanol–water partition coefficient (Wildman–Crippen LogP) is 4.10. The van der Waals surface area contributed by atoms with Gasteiger partial charge in [-0.05, 0) is 42.8 Å². The van der Waals surface area contributed by atoms with Crippen molar-refractivity contribution in [3.05, 3.63) is 69.8 Å². The third kappa shape index (κ3) is 3.59. The van der Waals surface area contributed by atoms with E-state index in [0.717, 1.165) is 11.8 Å². The second-order valence-corrected chi connectivity index (χ2v) is 10.4. The van der Waals surface area contributed by atoms with Crippen LogP contribution in [0.2, 0.25) is 10.0 Å². The van der Waals surface area contributed by atoms with Crippen molar-refractivity contribution in [3.8, 4) is 6.07 Å². The molecule has 0 saturated carbocycles. The van der Waals surface area contributed by atoms with Gasteiger partial charge in [-0.25, -0.2) is 18.3 Å². The number of hydrogen-bond acceptors (Lipinski definition) is 5. The first-order valence-corrected chi connectivity index (χ1v) is 11.8. The van der Waals surface area contributed by atoms with E-state index in [1.54, 1.807) is 43.3 Å². The average molecular weight is 475 g/mol. The van der Waals surface area contributed by atoms with Gasteiger partial charge in [-0.3, -0.25) is 9.36 Å². The molecule has 7 nitrogen and oxygen atoms in total. The molecule has 1 aromatic heterocycles. The van der Waals surface area contributed by atoms with Crippen molar-refractivity contribution in [1.82, 2.24) is 9.55 Å². The lowest BCUT2D eigenvalue weighted by Gasteiger charge is -2.26. The van der Waals surface area contributed by atoms with E-state index in [1.807, 2.05) is 0 Å². The molecule has 3 aromatic rings. The maximum atomic E-state index is 13.7. The molecule has 0 bridgehead atoms. The van der Waals surface area contributed by atoms with E-state index in [1.165, 1.54) is 21.7 Å². The summed E-state index contributed by atoms with van der Waals surface area (Å²) in [6.07, 6.45) is 2.50. The summed E-state index contributed by atoms with van der Waals surface area (Å²) in [7, 11) is -3.68. The lowest BCUT2D eigenvalue weighted by atomic mass is 9.91. The number of halogens is 2. The number of nitrogens with zero attached hydrogens (tertiary/aromatic N) is 4. The third-order valence-electron chi connectivity index (χ3n) is 5.18. The predicted molar refractivity (Wildman–Crippen MR) is 117 cm³/mol. The molecule has 10 heteroatoms. The zero-order chi connectivity index (χ0) is 22.6. The molecule has 4 rings (SSSR count). The van der Waals surface area contributed by atoms with Crippen LogP contribution < -0.4 is 4.90 Å². The highest BCUT2D eigenvalue weighted by atomic mass is 35.5. The molecular weight excluding hydrogens is 459 g/mol. The molecule has 0 aliphatic carbocycles. The third-order valence-corrected chi connectivity index (χ3v) is 6.67. The lowest BCUT2D eigenvalue weighted by molar-refractivity contribution is -0.124. The molecule has 1 atom stereocenters. The van der Waals surface area contributed by atoms with Gasteiger partial charge in [-0.2, -0.15) is 5.26 Å². The molecule has 0 unspecified atom stereocenters. The van der Waals surface area contributed by atoms with Crippen LogP contribution in [0, 0.1) is 11.3 Å². The molecule has 1 aliphatic rings. The summed E-state index contributed by atoms with van der Waals surface area (Å²) in [4.78, 5) is 19.3. The molecule has 2 aromatic carbocycles. The van der Waals surface area contributed by atoms with Gasteiger partial charge in [0.1, 0.15) is 5.54 Å². The van der Waals surface area contributed by atoms with E-state index in [0.29, 0.717) is 21.3 Å². The number of nitriles is 1. The van der Waals surface area contributed by atoms with Crippen molar-refractivity contribution < 1.29 is 13.2 Å². The number of carbonyl (C=O) groups excluding carboxylic acids is 1. The van der Waals surface area contributed by atoms with Gasteiger partial charge in [0.15, 0.2) is 14.9 Å². The first-order valence-electron chi connectivity index (χ1n) is 9.12. The maximum absolute atomic E-state index is 13.7. The lowest BCUT2D eigenvalue weighted by Crippen LogP contribution is -2.41. The van der Waals surface area contributed by atoms with Crippen molar-refractivity contribution in [2.24, 2.45) is 0 Å². The number of aromatic nitrogens is 2. The Kier molecular flexibility index (Phi) is 5.09. The number of fused-ring (bicyclic) bond motifs is 1. The van der Waals surface area contributed by atoms with Crippen LogP contribution in [0.5, 0.6) is 0 Å². The topological polar surface area (TPSA) is 96.1 Å². The number of anilines is 2. The number of imidazole rings is 1. The summed E-state index contributed by atoms with van der Waals surface area (Å²) in [6.45, 7) is 1.67. The Morgan fingerprint density at radius 3 is 2.29 bits per heavy atom.